The molecule has 1 aliphatic heterocycles. The van der Waals surface area contributed by atoms with Crippen molar-refractivity contribution in [2.75, 3.05) is 11.9 Å². The molecule has 1 aromatic heterocycles. The third-order valence-electron chi connectivity index (χ3n) is 4.32. The topological polar surface area (TPSA) is 106 Å². The molecule has 0 bridgehead atoms. The molecule has 2 aromatic rings. The van der Waals surface area contributed by atoms with Gasteiger partial charge in [0.1, 0.15) is 11.9 Å². The zero-order chi connectivity index (χ0) is 21.1. The number of esters is 1. The molecular formula is C20H18ClN3O5. The number of hydrogen-bond donors (Lipinski definition) is 1. The van der Waals surface area contributed by atoms with Crippen molar-refractivity contribution >= 4 is 41.1 Å². The van der Waals surface area contributed by atoms with Crippen LogP contribution in [-0.2, 0) is 14.3 Å². The Bertz CT molecular complexity index is 939. The summed E-state index contributed by atoms with van der Waals surface area (Å²) < 4.78 is 5.08. The summed E-state index contributed by atoms with van der Waals surface area (Å²) >= 11 is 5.73. The predicted octanol–water partition coefficient (Wildman–Crippen LogP) is 2.54. The van der Waals surface area contributed by atoms with Crippen LogP contribution < -0.4 is 5.32 Å². The summed E-state index contributed by atoms with van der Waals surface area (Å²) in [5.74, 6) is -2.74. The number of carbonyl (C=O) groups excluding carboxylic acids is 4. The molecule has 1 aromatic carbocycles. The highest BCUT2D eigenvalue weighted by Gasteiger charge is 2.44. The third-order valence-corrected chi connectivity index (χ3v) is 4.54. The van der Waals surface area contributed by atoms with Crippen LogP contribution in [0.2, 0.25) is 5.02 Å². The van der Waals surface area contributed by atoms with Gasteiger partial charge < -0.3 is 10.1 Å². The first kappa shape index (κ1) is 20.5. The van der Waals surface area contributed by atoms with Crippen LogP contribution in [0.3, 0.4) is 0 Å². The standard InChI is InChI=1S/C20H18ClN3O5/c1-11(2)17(24-18(26)13-5-3-4-6-14(13)19(24)27)20(28)29-10-16(25)23-15-8-7-12(21)9-22-15/h3-9,11,17H,10H2,1-2H3,(H,22,23,25)/t17-/m0/s1. The number of carbonyl (C=O) groups is 4. The molecule has 0 fully saturated rings. The summed E-state index contributed by atoms with van der Waals surface area (Å²) in [5, 5.41) is 2.87. The molecule has 8 nitrogen and oxygen atoms in total. The Morgan fingerprint density at radius 3 is 2.24 bits per heavy atom. The monoisotopic (exact) mass is 415 g/mol. The van der Waals surface area contributed by atoms with Gasteiger partial charge in [0, 0.05) is 6.20 Å². The fourth-order valence-corrected chi connectivity index (χ4v) is 3.10. The minimum absolute atomic E-state index is 0.238. The lowest BCUT2D eigenvalue weighted by Gasteiger charge is -2.27. The van der Waals surface area contributed by atoms with Crippen LogP contribution in [0.15, 0.2) is 42.6 Å². The summed E-state index contributed by atoms with van der Waals surface area (Å²) in [6.45, 7) is 2.79. The largest absolute Gasteiger partial charge is 0.454 e. The number of anilines is 1. The van der Waals surface area contributed by atoms with Crippen molar-refractivity contribution in [3.05, 3.63) is 58.7 Å². The molecule has 0 unspecified atom stereocenters. The fraction of sp³-hybridized carbons (Fsp3) is 0.250. The lowest BCUT2D eigenvalue weighted by molar-refractivity contribution is -0.152. The van der Waals surface area contributed by atoms with Crippen LogP contribution in [0.25, 0.3) is 0 Å². The Balaban J connectivity index is 1.67. The smallest absolute Gasteiger partial charge is 0.330 e. The van der Waals surface area contributed by atoms with E-state index in [1.807, 2.05) is 0 Å². The first-order chi connectivity index (χ1) is 13.8. The number of imide groups is 1. The molecule has 3 rings (SSSR count). The van der Waals surface area contributed by atoms with E-state index in [0.717, 1.165) is 4.90 Å². The number of aromatic nitrogens is 1. The van der Waals surface area contributed by atoms with Crippen molar-refractivity contribution in [1.82, 2.24) is 9.88 Å². The number of ether oxygens (including phenoxy) is 1. The minimum atomic E-state index is -1.15. The van der Waals surface area contributed by atoms with Gasteiger partial charge in [0.2, 0.25) is 0 Å². The van der Waals surface area contributed by atoms with Gasteiger partial charge in [-0.1, -0.05) is 37.6 Å². The minimum Gasteiger partial charge on any atom is -0.454 e. The molecule has 1 aliphatic rings. The molecule has 3 amide bonds. The highest BCUT2D eigenvalue weighted by molar-refractivity contribution is 6.30. The average Bonchev–Trinajstić information content (AvgIpc) is 2.94. The Kier molecular flexibility index (Phi) is 5.93. The van der Waals surface area contributed by atoms with E-state index >= 15 is 0 Å². The van der Waals surface area contributed by atoms with Crippen molar-refractivity contribution in [3.8, 4) is 0 Å². The highest BCUT2D eigenvalue weighted by Crippen LogP contribution is 2.27. The van der Waals surface area contributed by atoms with Gasteiger partial charge in [0.05, 0.1) is 16.1 Å². The van der Waals surface area contributed by atoms with Gasteiger partial charge in [-0.05, 0) is 30.2 Å². The summed E-state index contributed by atoms with van der Waals surface area (Å²) in [7, 11) is 0. The summed E-state index contributed by atoms with van der Waals surface area (Å²) in [4.78, 5) is 54.8. The van der Waals surface area contributed by atoms with Crippen LogP contribution in [0.1, 0.15) is 34.6 Å². The first-order valence-electron chi connectivity index (χ1n) is 8.84. The van der Waals surface area contributed by atoms with Crippen LogP contribution in [-0.4, -0.2) is 46.2 Å². The third kappa shape index (κ3) is 4.27. The van der Waals surface area contributed by atoms with Crippen LogP contribution in [0, 0.1) is 5.92 Å². The number of rotatable bonds is 6. The van der Waals surface area contributed by atoms with Gasteiger partial charge in [-0.15, -0.1) is 0 Å². The van der Waals surface area contributed by atoms with Crippen molar-refractivity contribution in [2.45, 2.75) is 19.9 Å². The molecule has 0 spiro atoms. The Hall–Kier alpha value is -3.26. The Morgan fingerprint density at radius 2 is 1.72 bits per heavy atom. The number of pyridine rings is 1. The van der Waals surface area contributed by atoms with E-state index in [1.54, 1.807) is 32.0 Å². The van der Waals surface area contributed by atoms with Gasteiger partial charge in [0.25, 0.3) is 17.7 Å². The van der Waals surface area contributed by atoms with E-state index in [1.165, 1.54) is 24.4 Å². The number of nitrogens with one attached hydrogen (secondary N) is 1. The highest BCUT2D eigenvalue weighted by atomic mass is 35.5. The lowest BCUT2D eigenvalue weighted by atomic mass is 10.0. The maximum absolute atomic E-state index is 12.7. The average molecular weight is 416 g/mol. The second kappa shape index (κ2) is 8.40. The van der Waals surface area contributed by atoms with Gasteiger partial charge in [-0.25, -0.2) is 9.78 Å². The maximum Gasteiger partial charge on any atom is 0.330 e. The summed E-state index contributed by atoms with van der Waals surface area (Å²) in [5.41, 5.74) is 0.477. The van der Waals surface area contributed by atoms with Crippen LogP contribution in [0.5, 0.6) is 0 Å². The van der Waals surface area contributed by atoms with Crippen molar-refractivity contribution < 1.29 is 23.9 Å². The zero-order valence-electron chi connectivity index (χ0n) is 15.7. The second-order valence-electron chi connectivity index (χ2n) is 6.73. The quantitative estimate of drug-likeness (QED) is 0.574. The van der Waals surface area contributed by atoms with E-state index in [2.05, 4.69) is 10.3 Å². The second-order valence-corrected chi connectivity index (χ2v) is 7.17. The van der Waals surface area contributed by atoms with Gasteiger partial charge in [-0.3, -0.25) is 19.3 Å². The number of amides is 3. The molecular weight excluding hydrogens is 398 g/mol. The molecule has 1 atom stereocenters. The van der Waals surface area contributed by atoms with Gasteiger partial charge >= 0.3 is 5.97 Å². The normalized spacial score (nSPS) is 14.0. The number of benzene rings is 1. The van der Waals surface area contributed by atoms with E-state index in [-0.39, 0.29) is 16.9 Å². The van der Waals surface area contributed by atoms with E-state index in [0.29, 0.717) is 5.02 Å². The lowest BCUT2D eigenvalue weighted by Crippen LogP contribution is -2.49. The number of hydrogen-bond acceptors (Lipinski definition) is 6. The number of fused-ring (bicyclic) bond motifs is 1. The molecule has 2 heterocycles. The SMILES string of the molecule is CC(C)[C@@H](C(=O)OCC(=O)Nc1ccc(Cl)cn1)N1C(=O)c2ccccc2C1=O. The van der Waals surface area contributed by atoms with Crippen LogP contribution >= 0.6 is 11.6 Å². The first-order valence-corrected chi connectivity index (χ1v) is 9.22. The van der Waals surface area contributed by atoms with Crippen molar-refractivity contribution in [2.24, 2.45) is 5.92 Å². The molecule has 0 radical (unpaired) electrons. The van der Waals surface area contributed by atoms with Crippen LogP contribution in [0.4, 0.5) is 5.82 Å². The Morgan fingerprint density at radius 1 is 1.10 bits per heavy atom. The summed E-state index contributed by atoms with van der Waals surface area (Å²) in [6, 6.07) is 8.25. The van der Waals surface area contributed by atoms with Gasteiger partial charge in [0.15, 0.2) is 6.61 Å². The zero-order valence-corrected chi connectivity index (χ0v) is 16.5. The molecule has 29 heavy (non-hydrogen) atoms. The molecule has 0 saturated carbocycles. The molecule has 1 N–H and O–H groups in total. The molecule has 9 heteroatoms. The van der Waals surface area contributed by atoms with Crippen molar-refractivity contribution in [3.63, 3.8) is 0 Å². The van der Waals surface area contributed by atoms with Crippen molar-refractivity contribution in [1.29, 1.82) is 0 Å². The van der Waals surface area contributed by atoms with E-state index < -0.39 is 42.3 Å². The summed E-state index contributed by atoms with van der Waals surface area (Å²) in [6.07, 6.45) is 1.36. The predicted molar refractivity (Wildman–Crippen MR) is 104 cm³/mol. The van der Waals surface area contributed by atoms with Gasteiger partial charge in [-0.2, -0.15) is 0 Å². The fourth-order valence-electron chi connectivity index (χ4n) is 2.99. The van der Waals surface area contributed by atoms with E-state index in [9.17, 15) is 19.2 Å². The van der Waals surface area contributed by atoms with E-state index in [4.69, 9.17) is 16.3 Å². The molecule has 150 valence electrons. The number of nitrogens with zero attached hydrogens (tertiary/aromatic N) is 2. The number of halogens is 1. The molecule has 0 saturated heterocycles. The maximum atomic E-state index is 12.7. The Labute approximate surface area is 171 Å². The molecule has 0 aliphatic carbocycles.